The van der Waals surface area contributed by atoms with E-state index in [9.17, 15) is 0 Å². The Labute approximate surface area is 154 Å². The zero-order valence-electron chi connectivity index (χ0n) is 13.8. The summed E-state index contributed by atoms with van der Waals surface area (Å²) in [5.41, 5.74) is 4.40. The normalized spacial score (nSPS) is 11.5. The molecule has 3 aromatic heterocycles. The van der Waals surface area contributed by atoms with E-state index in [1.807, 2.05) is 36.6 Å². The number of halogens is 2. The Morgan fingerprint density at radius 2 is 1.88 bits per heavy atom. The molecule has 0 aliphatic carbocycles. The van der Waals surface area contributed by atoms with Crippen LogP contribution >= 0.6 is 23.2 Å². The van der Waals surface area contributed by atoms with Crippen LogP contribution in [-0.2, 0) is 12.8 Å². The lowest BCUT2D eigenvalue weighted by Gasteiger charge is -2.04. The first-order chi connectivity index (χ1) is 12.0. The highest BCUT2D eigenvalue weighted by Gasteiger charge is 2.10. The van der Waals surface area contributed by atoms with Crippen LogP contribution in [0, 0.1) is 13.8 Å². The van der Waals surface area contributed by atoms with Crippen molar-refractivity contribution in [2.45, 2.75) is 26.7 Å². The van der Waals surface area contributed by atoms with Gasteiger partial charge in [-0.2, -0.15) is 5.10 Å². The molecule has 0 N–H and O–H groups in total. The van der Waals surface area contributed by atoms with Crippen molar-refractivity contribution in [2.24, 2.45) is 0 Å². The molecule has 4 rings (SSSR count). The largest absolute Gasteiger partial charge is 0.256 e. The van der Waals surface area contributed by atoms with Gasteiger partial charge in [0.25, 0.3) is 0 Å². The topological polar surface area (TPSA) is 56.0 Å². The summed E-state index contributed by atoms with van der Waals surface area (Å²) in [5, 5.41) is 6.67. The molecule has 3 heterocycles. The molecule has 0 amide bonds. The van der Waals surface area contributed by atoms with Gasteiger partial charge in [-0.3, -0.25) is 9.97 Å². The minimum atomic E-state index is 0.586. The van der Waals surface area contributed by atoms with E-state index in [1.54, 1.807) is 12.3 Å². The third-order valence-electron chi connectivity index (χ3n) is 4.14. The van der Waals surface area contributed by atoms with Crippen LogP contribution in [0.25, 0.3) is 16.6 Å². The zero-order chi connectivity index (χ0) is 17.6. The van der Waals surface area contributed by atoms with E-state index in [0.717, 1.165) is 45.9 Å². The molecular weight excluding hydrogens is 357 g/mol. The lowest BCUT2D eigenvalue weighted by Crippen LogP contribution is -1.99. The molecule has 4 aromatic rings. The van der Waals surface area contributed by atoms with Crippen molar-refractivity contribution < 1.29 is 0 Å². The Balaban J connectivity index is 1.62. The molecule has 0 aliphatic rings. The highest BCUT2D eigenvalue weighted by atomic mass is 35.5. The summed E-state index contributed by atoms with van der Waals surface area (Å²) in [6, 6.07) is 7.52. The molecule has 0 saturated heterocycles. The van der Waals surface area contributed by atoms with Crippen LogP contribution in [0.1, 0.15) is 22.9 Å². The second-order valence-corrected chi connectivity index (χ2v) is 6.85. The number of rotatable bonds is 3. The molecule has 1 aromatic carbocycles. The molecule has 25 heavy (non-hydrogen) atoms. The number of aryl methyl sites for hydroxylation is 4. The number of fused-ring (bicyclic) bond motifs is 2. The van der Waals surface area contributed by atoms with Crippen molar-refractivity contribution in [3.63, 3.8) is 0 Å². The van der Waals surface area contributed by atoms with Crippen molar-refractivity contribution in [1.29, 1.82) is 0 Å². The highest BCUT2D eigenvalue weighted by molar-refractivity contribution is 6.38. The fourth-order valence-electron chi connectivity index (χ4n) is 2.82. The van der Waals surface area contributed by atoms with Crippen LogP contribution in [0.5, 0.6) is 0 Å². The number of nitrogens with zero attached hydrogens (tertiary/aromatic N) is 5. The second kappa shape index (κ2) is 6.24. The van der Waals surface area contributed by atoms with Crippen LogP contribution < -0.4 is 0 Å². The maximum Gasteiger partial charge on any atom is 0.177 e. The molecular formula is C18H15Cl2N5. The lowest BCUT2D eigenvalue weighted by molar-refractivity contribution is 0.808. The van der Waals surface area contributed by atoms with Crippen LogP contribution in [0.4, 0.5) is 0 Å². The molecule has 0 fully saturated rings. The molecule has 0 unspecified atom stereocenters. The first-order valence-corrected chi connectivity index (χ1v) is 8.69. The van der Waals surface area contributed by atoms with Gasteiger partial charge in [0.1, 0.15) is 0 Å². The van der Waals surface area contributed by atoms with E-state index in [1.165, 1.54) is 0 Å². The predicted octanol–water partition coefficient (Wildman–Crippen LogP) is 4.38. The van der Waals surface area contributed by atoms with Gasteiger partial charge >= 0.3 is 0 Å². The molecule has 0 atom stereocenters. The third kappa shape index (κ3) is 3.05. The Hall–Kier alpha value is -2.24. The number of pyridine rings is 1. The summed E-state index contributed by atoms with van der Waals surface area (Å²) < 4.78 is 1.84. The predicted molar refractivity (Wildman–Crippen MR) is 99.4 cm³/mol. The van der Waals surface area contributed by atoms with Gasteiger partial charge in [0, 0.05) is 28.7 Å². The summed E-state index contributed by atoms with van der Waals surface area (Å²) in [4.78, 5) is 13.6. The van der Waals surface area contributed by atoms with E-state index < -0.39 is 0 Å². The van der Waals surface area contributed by atoms with Crippen LogP contribution in [0.15, 0.2) is 30.5 Å². The van der Waals surface area contributed by atoms with Gasteiger partial charge in [-0.15, -0.1) is 0 Å². The molecule has 7 heteroatoms. The number of hydrogen-bond donors (Lipinski definition) is 0. The number of benzene rings is 1. The van der Waals surface area contributed by atoms with Gasteiger partial charge in [0.15, 0.2) is 11.5 Å². The van der Waals surface area contributed by atoms with Crippen LogP contribution in [-0.4, -0.2) is 24.6 Å². The first kappa shape index (κ1) is 16.2. The Kier molecular flexibility index (Phi) is 4.06. The zero-order valence-corrected chi connectivity index (χ0v) is 15.3. The number of aromatic nitrogens is 5. The van der Waals surface area contributed by atoms with Gasteiger partial charge in [0.05, 0.1) is 21.9 Å². The molecule has 0 aliphatic heterocycles. The van der Waals surface area contributed by atoms with Crippen molar-refractivity contribution in [2.75, 3.05) is 0 Å². The molecule has 0 spiro atoms. The third-order valence-corrected chi connectivity index (χ3v) is 4.67. The Bertz CT molecular complexity index is 1060. The fourth-order valence-corrected chi connectivity index (χ4v) is 3.37. The van der Waals surface area contributed by atoms with E-state index in [2.05, 4.69) is 20.1 Å². The standard InChI is InChI=1S/C18H15Cl2N5/c1-10-9-21-11(2)18-23-17(24-25(10)18)6-4-13-3-5-14-15(20)7-12(19)8-16(14)22-13/h3,5,7-9H,4,6H2,1-2H3. The van der Waals surface area contributed by atoms with E-state index >= 15 is 0 Å². The summed E-state index contributed by atoms with van der Waals surface area (Å²) >= 11 is 12.3. The summed E-state index contributed by atoms with van der Waals surface area (Å²) in [7, 11) is 0. The second-order valence-electron chi connectivity index (χ2n) is 6.01. The van der Waals surface area contributed by atoms with Crippen molar-refractivity contribution >= 4 is 39.8 Å². The van der Waals surface area contributed by atoms with Crippen molar-refractivity contribution in [3.8, 4) is 0 Å². The lowest BCUT2D eigenvalue weighted by atomic mass is 10.1. The van der Waals surface area contributed by atoms with Gasteiger partial charge in [-0.25, -0.2) is 9.50 Å². The first-order valence-electron chi connectivity index (χ1n) is 7.94. The minimum absolute atomic E-state index is 0.586. The maximum absolute atomic E-state index is 6.21. The monoisotopic (exact) mass is 371 g/mol. The maximum atomic E-state index is 6.21. The molecule has 0 saturated carbocycles. The van der Waals surface area contributed by atoms with Crippen molar-refractivity contribution in [3.05, 3.63) is 63.4 Å². The molecule has 126 valence electrons. The van der Waals surface area contributed by atoms with Crippen LogP contribution in [0.3, 0.4) is 0 Å². The number of hydrogen-bond acceptors (Lipinski definition) is 4. The summed E-state index contributed by atoms with van der Waals surface area (Å²) in [5.74, 6) is 0.783. The molecule has 0 radical (unpaired) electrons. The highest BCUT2D eigenvalue weighted by Crippen LogP contribution is 2.27. The average Bonchev–Trinajstić information content (AvgIpc) is 3.01. The smallest absolute Gasteiger partial charge is 0.177 e. The molecule has 5 nitrogen and oxygen atoms in total. The SMILES string of the molecule is Cc1ncc(C)n2nc(CCc3ccc4c(Cl)cc(Cl)cc4n3)nc12. The van der Waals surface area contributed by atoms with Gasteiger partial charge in [-0.05, 0) is 44.5 Å². The fraction of sp³-hybridized carbons (Fsp3) is 0.222. The van der Waals surface area contributed by atoms with Gasteiger partial charge in [-0.1, -0.05) is 23.2 Å². The summed E-state index contributed by atoms with van der Waals surface area (Å²) in [6.07, 6.45) is 3.25. The Morgan fingerprint density at radius 1 is 1.04 bits per heavy atom. The van der Waals surface area contributed by atoms with E-state index in [4.69, 9.17) is 23.2 Å². The molecule has 0 bridgehead atoms. The summed E-state index contributed by atoms with van der Waals surface area (Å²) in [6.45, 7) is 3.90. The van der Waals surface area contributed by atoms with E-state index in [-0.39, 0.29) is 0 Å². The van der Waals surface area contributed by atoms with Gasteiger partial charge < -0.3 is 0 Å². The van der Waals surface area contributed by atoms with E-state index in [0.29, 0.717) is 16.5 Å². The van der Waals surface area contributed by atoms with Crippen molar-refractivity contribution in [1.82, 2.24) is 24.6 Å². The average molecular weight is 372 g/mol. The minimum Gasteiger partial charge on any atom is -0.256 e. The quantitative estimate of drug-likeness (QED) is 0.536. The van der Waals surface area contributed by atoms with Gasteiger partial charge in [0.2, 0.25) is 0 Å². The Morgan fingerprint density at radius 3 is 2.68 bits per heavy atom. The van der Waals surface area contributed by atoms with Crippen LogP contribution in [0.2, 0.25) is 10.0 Å².